The van der Waals surface area contributed by atoms with Gasteiger partial charge in [-0.1, -0.05) is 94.8 Å². The maximum absolute atomic E-state index is 12.5. The molecule has 1 N–H and O–H groups in total. The van der Waals surface area contributed by atoms with Crippen molar-refractivity contribution >= 4 is 68.1 Å². The van der Waals surface area contributed by atoms with Gasteiger partial charge in [0, 0.05) is 5.75 Å². The topological polar surface area (TPSA) is 54.9 Å². The van der Waals surface area contributed by atoms with Crippen molar-refractivity contribution in [3.63, 3.8) is 0 Å². The molecule has 1 amide bonds. The molecule has 0 fully saturated rings. The van der Waals surface area contributed by atoms with E-state index in [9.17, 15) is 4.79 Å². The highest BCUT2D eigenvalue weighted by Gasteiger charge is 2.11. The van der Waals surface area contributed by atoms with E-state index < -0.39 is 0 Å². The standard InChI is InChI=1S/C21H15Cl2N3OS2/c22-17-9-8-13(10-18(17)23)12-28-21-26-25-20(29-21)24-19(27)11-15-6-3-5-14-4-1-2-7-16(14)15/h1-10H,11-12H2,(H,24,25,27). The van der Waals surface area contributed by atoms with Crippen molar-refractivity contribution in [3.05, 3.63) is 81.8 Å². The van der Waals surface area contributed by atoms with Crippen molar-refractivity contribution in [1.29, 1.82) is 0 Å². The largest absolute Gasteiger partial charge is 0.300 e. The van der Waals surface area contributed by atoms with Crippen LogP contribution < -0.4 is 5.32 Å². The number of fused-ring (bicyclic) bond motifs is 1. The van der Waals surface area contributed by atoms with E-state index in [0.717, 1.165) is 26.2 Å². The first-order valence-electron chi connectivity index (χ1n) is 8.75. The van der Waals surface area contributed by atoms with Gasteiger partial charge in [0.15, 0.2) is 4.34 Å². The van der Waals surface area contributed by atoms with Gasteiger partial charge in [-0.3, -0.25) is 4.79 Å². The van der Waals surface area contributed by atoms with Gasteiger partial charge in [-0.2, -0.15) is 0 Å². The van der Waals surface area contributed by atoms with Gasteiger partial charge >= 0.3 is 0 Å². The number of rotatable bonds is 6. The number of aromatic nitrogens is 2. The summed E-state index contributed by atoms with van der Waals surface area (Å²) in [5, 5.41) is 14.8. The van der Waals surface area contributed by atoms with Crippen LogP contribution in [0.1, 0.15) is 11.1 Å². The number of hydrogen-bond donors (Lipinski definition) is 1. The Balaban J connectivity index is 1.37. The first-order valence-corrected chi connectivity index (χ1v) is 11.3. The number of amides is 1. The minimum atomic E-state index is -0.112. The Kier molecular flexibility index (Phi) is 6.35. The molecule has 0 aliphatic heterocycles. The zero-order chi connectivity index (χ0) is 20.2. The molecule has 0 unspecified atom stereocenters. The van der Waals surface area contributed by atoms with Gasteiger partial charge in [0.1, 0.15) is 0 Å². The number of carbonyl (C=O) groups excluding carboxylic acids is 1. The van der Waals surface area contributed by atoms with Crippen LogP contribution >= 0.6 is 46.3 Å². The summed E-state index contributed by atoms with van der Waals surface area (Å²) in [7, 11) is 0. The Bertz CT molecular complexity index is 1170. The lowest BCUT2D eigenvalue weighted by molar-refractivity contribution is -0.115. The number of thioether (sulfide) groups is 1. The maximum atomic E-state index is 12.5. The van der Waals surface area contributed by atoms with Crippen molar-refractivity contribution in [3.8, 4) is 0 Å². The molecule has 29 heavy (non-hydrogen) atoms. The highest BCUT2D eigenvalue weighted by Crippen LogP contribution is 2.30. The average Bonchev–Trinajstić information content (AvgIpc) is 3.16. The molecular formula is C21H15Cl2N3OS2. The lowest BCUT2D eigenvalue weighted by Crippen LogP contribution is -2.14. The SMILES string of the molecule is O=C(Cc1cccc2ccccc12)Nc1nnc(SCc2ccc(Cl)c(Cl)c2)s1. The fourth-order valence-corrected chi connectivity index (χ4v) is 4.91. The van der Waals surface area contributed by atoms with E-state index in [2.05, 4.69) is 15.5 Å². The van der Waals surface area contributed by atoms with Crippen LogP contribution in [0.2, 0.25) is 10.0 Å². The second-order valence-electron chi connectivity index (χ2n) is 6.27. The summed E-state index contributed by atoms with van der Waals surface area (Å²) >= 11 is 14.9. The van der Waals surface area contributed by atoms with E-state index in [1.165, 1.54) is 23.1 Å². The third-order valence-electron chi connectivity index (χ3n) is 4.23. The summed E-state index contributed by atoms with van der Waals surface area (Å²) in [5.74, 6) is 0.577. The summed E-state index contributed by atoms with van der Waals surface area (Å²) in [6.45, 7) is 0. The number of hydrogen-bond acceptors (Lipinski definition) is 5. The third kappa shape index (κ3) is 5.08. The molecule has 4 aromatic rings. The van der Waals surface area contributed by atoms with Gasteiger partial charge in [-0.15, -0.1) is 10.2 Å². The summed E-state index contributed by atoms with van der Waals surface area (Å²) in [6.07, 6.45) is 0.284. The first-order chi connectivity index (χ1) is 14.1. The van der Waals surface area contributed by atoms with E-state index in [0.29, 0.717) is 20.9 Å². The van der Waals surface area contributed by atoms with Crippen LogP contribution in [0.25, 0.3) is 10.8 Å². The Labute approximate surface area is 186 Å². The molecular weight excluding hydrogens is 445 g/mol. The molecule has 0 atom stereocenters. The van der Waals surface area contributed by atoms with Crippen molar-refractivity contribution in [2.24, 2.45) is 0 Å². The fraction of sp³-hybridized carbons (Fsp3) is 0.0952. The summed E-state index contributed by atoms with van der Waals surface area (Å²) in [4.78, 5) is 12.5. The molecule has 4 nitrogen and oxygen atoms in total. The van der Waals surface area contributed by atoms with E-state index in [4.69, 9.17) is 23.2 Å². The average molecular weight is 460 g/mol. The highest BCUT2D eigenvalue weighted by atomic mass is 35.5. The summed E-state index contributed by atoms with van der Waals surface area (Å²) in [5.41, 5.74) is 2.03. The van der Waals surface area contributed by atoms with Crippen molar-refractivity contribution in [1.82, 2.24) is 10.2 Å². The normalized spacial score (nSPS) is 11.0. The number of carbonyl (C=O) groups is 1. The number of nitrogens with one attached hydrogen (secondary N) is 1. The lowest BCUT2D eigenvalue weighted by Gasteiger charge is -2.06. The van der Waals surface area contributed by atoms with Crippen molar-refractivity contribution in [2.75, 3.05) is 5.32 Å². The van der Waals surface area contributed by atoms with E-state index in [1.54, 1.807) is 6.07 Å². The van der Waals surface area contributed by atoms with Crippen LogP contribution in [-0.4, -0.2) is 16.1 Å². The predicted octanol–water partition coefficient (Wildman–Crippen LogP) is 6.47. The number of nitrogens with zero attached hydrogens (tertiary/aromatic N) is 2. The molecule has 0 saturated heterocycles. The van der Waals surface area contributed by atoms with Crippen LogP contribution in [-0.2, 0) is 17.0 Å². The van der Waals surface area contributed by atoms with E-state index in [1.807, 2.05) is 54.6 Å². The first kappa shape index (κ1) is 20.2. The molecule has 0 aliphatic rings. The Morgan fingerprint density at radius 2 is 1.83 bits per heavy atom. The van der Waals surface area contributed by atoms with Gasteiger partial charge in [-0.25, -0.2) is 0 Å². The van der Waals surface area contributed by atoms with Crippen LogP contribution in [0.4, 0.5) is 5.13 Å². The minimum Gasteiger partial charge on any atom is -0.300 e. The lowest BCUT2D eigenvalue weighted by atomic mass is 10.0. The Morgan fingerprint density at radius 1 is 1.00 bits per heavy atom. The van der Waals surface area contributed by atoms with Gasteiger partial charge in [0.2, 0.25) is 11.0 Å². The van der Waals surface area contributed by atoms with Gasteiger partial charge in [0.25, 0.3) is 0 Å². The van der Waals surface area contributed by atoms with Crippen LogP contribution in [0.3, 0.4) is 0 Å². The number of halogens is 2. The fourth-order valence-electron chi connectivity index (χ4n) is 2.88. The van der Waals surface area contributed by atoms with E-state index in [-0.39, 0.29) is 12.3 Å². The number of anilines is 1. The second kappa shape index (κ2) is 9.13. The summed E-state index contributed by atoms with van der Waals surface area (Å²) in [6, 6.07) is 19.6. The molecule has 8 heteroatoms. The molecule has 0 aliphatic carbocycles. The second-order valence-corrected chi connectivity index (χ2v) is 9.29. The molecule has 0 spiro atoms. The van der Waals surface area contributed by atoms with Gasteiger partial charge in [0.05, 0.1) is 16.5 Å². The molecule has 0 saturated carbocycles. The zero-order valence-electron chi connectivity index (χ0n) is 15.1. The molecule has 0 bridgehead atoms. The maximum Gasteiger partial charge on any atom is 0.230 e. The van der Waals surface area contributed by atoms with E-state index >= 15 is 0 Å². The molecule has 0 radical (unpaired) electrons. The Morgan fingerprint density at radius 3 is 2.69 bits per heavy atom. The molecule has 3 aromatic carbocycles. The highest BCUT2D eigenvalue weighted by molar-refractivity contribution is 8.00. The predicted molar refractivity (Wildman–Crippen MR) is 122 cm³/mol. The smallest absolute Gasteiger partial charge is 0.230 e. The van der Waals surface area contributed by atoms with Crippen LogP contribution in [0, 0.1) is 0 Å². The Hall–Kier alpha value is -2.12. The van der Waals surface area contributed by atoms with Crippen molar-refractivity contribution < 1.29 is 4.79 Å². The molecule has 146 valence electrons. The van der Waals surface area contributed by atoms with Crippen LogP contribution in [0.5, 0.6) is 0 Å². The molecule has 1 heterocycles. The number of benzene rings is 3. The van der Waals surface area contributed by atoms with Crippen LogP contribution in [0.15, 0.2) is 65.0 Å². The zero-order valence-corrected chi connectivity index (χ0v) is 18.2. The van der Waals surface area contributed by atoms with Gasteiger partial charge < -0.3 is 5.32 Å². The monoisotopic (exact) mass is 459 g/mol. The van der Waals surface area contributed by atoms with Gasteiger partial charge in [-0.05, 0) is 34.0 Å². The van der Waals surface area contributed by atoms with Crippen molar-refractivity contribution in [2.45, 2.75) is 16.5 Å². The molecule has 1 aromatic heterocycles. The quantitative estimate of drug-likeness (QED) is 0.265. The summed E-state index contributed by atoms with van der Waals surface area (Å²) < 4.78 is 0.775. The minimum absolute atomic E-state index is 0.112. The molecule has 4 rings (SSSR count). The third-order valence-corrected chi connectivity index (χ3v) is 7.01.